The fourth-order valence-electron chi connectivity index (χ4n) is 1.51. The molecule has 0 N–H and O–H groups in total. The van der Waals surface area contributed by atoms with E-state index in [0.29, 0.717) is 5.92 Å². The highest BCUT2D eigenvalue weighted by molar-refractivity contribution is 6.20. The molecule has 1 atom stereocenters. The summed E-state index contributed by atoms with van der Waals surface area (Å²) in [6.45, 7) is 8.68. The molecule has 0 aliphatic carbocycles. The summed E-state index contributed by atoms with van der Waals surface area (Å²) in [7, 11) is 0. The van der Waals surface area contributed by atoms with Gasteiger partial charge >= 0.3 is 0 Å². The van der Waals surface area contributed by atoms with Gasteiger partial charge in [0.2, 0.25) is 0 Å². The highest BCUT2D eigenvalue weighted by atomic mass is 35.5. The molecular weight excluding hydrogens is 192 g/mol. The minimum atomic E-state index is 0.161. The van der Waals surface area contributed by atoms with Crippen molar-refractivity contribution in [3.8, 4) is 0 Å². The number of aryl methyl sites for hydroxylation is 2. The third-order valence-electron chi connectivity index (χ3n) is 2.57. The Hall–Kier alpha value is -0.490. The number of halogens is 1. The maximum atomic E-state index is 6.33. The Labute approximate surface area is 92.3 Å². The molecule has 0 heterocycles. The molecule has 1 unspecified atom stereocenters. The average Bonchev–Trinajstić information content (AvgIpc) is 2.08. The molecule has 0 spiro atoms. The van der Waals surface area contributed by atoms with Crippen LogP contribution in [-0.4, -0.2) is 0 Å². The Morgan fingerprint density at radius 2 is 1.79 bits per heavy atom. The van der Waals surface area contributed by atoms with Crippen LogP contribution >= 0.6 is 11.6 Å². The summed E-state index contributed by atoms with van der Waals surface area (Å²) < 4.78 is 0. The minimum absolute atomic E-state index is 0.161. The molecule has 0 aromatic heterocycles. The van der Waals surface area contributed by atoms with Crippen molar-refractivity contribution >= 4 is 11.6 Å². The quantitative estimate of drug-likeness (QED) is 0.639. The molecule has 0 radical (unpaired) electrons. The highest BCUT2D eigenvalue weighted by Crippen LogP contribution is 2.28. The fourth-order valence-corrected chi connectivity index (χ4v) is 2.00. The molecule has 0 amide bonds. The van der Waals surface area contributed by atoms with Crippen LogP contribution < -0.4 is 0 Å². The number of rotatable bonds is 3. The monoisotopic (exact) mass is 210 g/mol. The molecule has 1 aromatic carbocycles. The van der Waals surface area contributed by atoms with Crippen LogP contribution in [0, 0.1) is 19.8 Å². The van der Waals surface area contributed by atoms with Gasteiger partial charge in [0.05, 0.1) is 5.38 Å². The molecule has 14 heavy (non-hydrogen) atoms. The lowest BCUT2D eigenvalue weighted by Crippen LogP contribution is -1.97. The molecular formula is C13H19Cl. The molecule has 0 bridgehead atoms. The number of alkyl halides is 1. The molecule has 0 aliphatic rings. The Morgan fingerprint density at radius 3 is 2.29 bits per heavy atom. The summed E-state index contributed by atoms with van der Waals surface area (Å²) in [5, 5.41) is 0.161. The second-order valence-corrected chi connectivity index (χ2v) is 4.97. The largest absolute Gasteiger partial charge is 0.118 e. The van der Waals surface area contributed by atoms with Crippen LogP contribution in [0.4, 0.5) is 0 Å². The highest BCUT2D eigenvalue weighted by Gasteiger charge is 2.10. The first kappa shape index (κ1) is 11.6. The number of hydrogen-bond donors (Lipinski definition) is 0. The van der Waals surface area contributed by atoms with E-state index < -0.39 is 0 Å². The molecule has 0 nitrogen and oxygen atoms in total. The van der Waals surface area contributed by atoms with Crippen molar-refractivity contribution < 1.29 is 0 Å². The summed E-state index contributed by atoms with van der Waals surface area (Å²) in [6, 6.07) is 6.50. The van der Waals surface area contributed by atoms with Crippen LogP contribution in [-0.2, 0) is 0 Å². The van der Waals surface area contributed by atoms with Crippen molar-refractivity contribution in [2.45, 2.75) is 39.5 Å². The standard InChI is InChI=1S/C13H19Cl/c1-9(2)7-13(14)12-6-5-10(3)11(4)8-12/h5-6,8-9,13H,7H2,1-4H3. The predicted molar refractivity (Wildman–Crippen MR) is 64.0 cm³/mol. The second-order valence-electron chi connectivity index (χ2n) is 4.44. The van der Waals surface area contributed by atoms with Crippen molar-refractivity contribution in [1.82, 2.24) is 0 Å². The van der Waals surface area contributed by atoms with E-state index in [1.807, 2.05) is 0 Å². The lowest BCUT2D eigenvalue weighted by molar-refractivity contribution is 0.575. The third kappa shape index (κ3) is 3.02. The van der Waals surface area contributed by atoms with Gasteiger partial charge in [0.15, 0.2) is 0 Å². The first-order chi connectivity index (χ1) is 6.50. The normalized spacial score (nSPS) is 13.3. The SMILES string of the molecule is Cc1ccc(C(Cl)CC(C)C)cc1C. The van der Waals surface area contributed by atoms with Crippen LogP contribution in [0.2, 0.25) is 0 Å². The van der Waals surface area contributed by atoms with Crippen LogP contribution in [0.15, 0.2) is 18.2 Å². The van der Waals surface area contributed by atoms with Gasteiger partial charge in [0.1, 0.15) is 0 Å². The first-order valence-electron chi connectivity index (χ1n) is 5.22. The van der Waals surface area contributed by atoms with Crippen molar-refractivity contribution in [2.24, 2.45) is 5.92 Å². The summed E-state index contributed by atoms with van der Waals surface area (Å²) in [4.78, 5) is 0. The van der Waals surface area contributed by atoms with Crippen molar-refractivity contribution in [1.29, 1.82) is 0 Å². The Balaban J connectivity index is 2.80. The van der Waals surface area contributed by atoms with Gasteiger partial charge in [-0.25, -0.2) is 0 Å². The maximum absolute atomic E-state index is 6.33. The van der Waals surface area contributed by atoms with Gasteiger partial charge in [0, 0.05) is 0 Å². The van der Waals surface area contributed by atoms with Crippen LogP contribution in [0.5, 0.6) is 0 Å². The second kappa shape index (κ2) is 4.84. The summed E-state index contributed by atoms with van der Waals surface area (Å²) in [6.07, 6.45) is 1.05. The fraction of sp³-hybridized carbons (Fsp3) is 0.538. The lowest BCUT2D eigenvalue weighted by Gasteiger charge is -2.13. The van der Waals surface area contributed by atoms with Crippen LogP contribution in [0.25, 0.3) is 0 Å². The molecule has 1 rings (SSSR count). The van der Waals surface area contributed by atoms with Crippen molar-refractivity contribution in [3.63, 3.8) is 0 Å². The van der Waals surface area contributed by atoms with Crippen molar-refractivity contribution in [2.75, 3.05) is 0 Å². The molecule has 0 saturated carbocycles. The van der Waals surface area contributed by atoms with Gasteiger partial charge in [-0.1, -0.05) is 32.0 Å². The zero-order chi connectivity index (χ0) is 10.7. The Kier molecular flexibility index (Phi) is 4.00. The zero-order valence-electron chi connectivity index (χ0n) is 9.47. The summed E-state index contributed by atoms with van der Waals surface area (Å²) in [5.74, 6) is 0.652. The van der Waals surface area contributed by atoms with Crippen LogP contribution in [0.1, 0.15) is 42.3 Å². The van der Waals surface area contributed by atoms with E-state index in [2.05, 4.69) is 45.9 Å². The summed E-state index contributed by atoms with van der Waals surface area (Å²) >= 11 is 6.33. The Bertz CT molecular complexity index is 302. The summed E-state index contributed by atoms with van der Waals surface area (Å²) in [5.41, 5.74) is 3.92. The van der Waals surface area contributed by atoms with Crippen LogP contribution in [0.3, 0.4) is 0 Å². The van der Waals surface area contributed by atoms with Gasteiger partial charge < -0.3 is 0 Å². The van der Waals surface area contributed by atoms with E-state index in [1.54, 1.807) is 0 Å². The maximum Gasteiger partial charge on any atom is 0.0587 e. The van der Waals surface area contributed by atoms with Gasteiger partial charge in [-0.05, 0) is 42.9 Å². The first-order valence-corrected chi connectivity index (χ1v) is 5.65. The number of hydrogen-bond acceptors (Lipinski definition) is 0. The third-order valence-corrected chi connectivity index (χ3v) is 3.00. The lowest BCUT2D eigenvalue weighted by atomic mass is 9.99. The predicted octanol–water partition coefficient (Wildman–Crippen LogP) is 4.63. The van der Waals surface area contributed by atoms with Gasteiger partial charge in [-0.2, -0.15) is 0 Å². The minimum Gasteiger partial charge on any atom is -0.118 e. The van der Waals surface area contributed by atoms with E-state index in [-0.39, 0.29) is 5.38 Å². The molecule has 1 heteroatoms. The van der Waals surface area contributed by atoms with Gasteiger partial charge in [-0.3, -0.25) is 0 Å². The average molecular weight is 211 g/mol. The number of benzene rings is 1. The Morgan fingerprint density at radius 1 is 1.14 bits per heavy atom. The molecule has 78 valence electrons. The smallest absolute Gasteiger partial charge is 0.0587 e. The van der Waals surface area contributed by atoms with E-state index in [4.69, 9.17) is 11.6 Å². The van der Waals surface area contributed by atoms with E-state index >= 15 is 0 Å². The molecule has 0 fully saturated rings. The van der Waals surface area contributed by atoms with Gasteiger partial charge in [-0.15, -0.1) is 11.6 Å². The van der Waals surface area contributed by atoms with E-state index in [9.17, 15) is 0 Å². The topological polar surface area (TPSA) is 0 Å². The molecule has 1 aromatic rings. The van der Waals surface area contributed by atoms with E-state index in [0.717, 1.165) is 6.42 Å². The molecule has 0 aliphatic heterocycles. The van der Waals surface area contributed by atoms with Gasteiger partial charge in [0.25, 0.3) is 0 Å². The molecule has 0 saturated heterocycles. The van der Waals surface area contributed by atoms with Crippen molar-refractivity contribution in [3.05, 3.63) is 34.9 Å². The zero-order valence-corrected chi connectivity index (χ0v) is 10.2. The van der Waals surface area contributed by atoms with E-state index in [1.165, 1.54) is 16.7 Å².